The van der Waals surface area contributed by atoms with Crippen LogP contribution >= 0.6 is 0 Å². The lowest BCUT2D eigenvalue weighted by molar-refractivity contribution is -0.336. The van der Waals surface area contributed by atoms with Crippen LogP contribution in [-0.4, -0.2) is 172 Å². The maximum Gasteiger partial charge on any atom is 0.410 e. The third kappa shape index (κ3) is 23.5. The second kappa shape index (κ2) is 40.5. The molecule has 0 aromatic heterocycles. The number of unbranched alkanes of at least 4 members (excludes halogenated alkanes) is 4. The maximum absolute atomic E-state index is 13.1. The van der Waals surface area contributed by atoms with E-state index in [1.807, 2.05) is 170 Å². The lowest BCUT2D eigenvalue weighted by atomic mass is 9.82. The summed E-state index contributed by atoms with van der Waals surface area (Å²) in [5.74, 6) is -3.04. The van der Waals surface area contributed by atoms with Crippen molar-refractivity contribution in [2.45, 2.75) is 221 Å². The summed E-state index contributed by atoms with van der Waals surface area (Å²) in [7, 11) is 2.54. The zero-order chi connectivity index (χ0) is 72.4. The summed E-state index contributed by atoms with van der Waals surface area (Å²) >= 11 is 0. The van der Waals surface area contributed by atoms with Gasteiger partial charge in [0, 0.05) is 76.9 Å². The lowest BCUT2D eigenvalue weighted by Crippen LogP contribution is -2.61. The van der Waals surface area contributed by atoms with Gasteiger partial charge in [-0.3, -0.25) is 9.59 Å². The molecule has 8 unspecified atom stereocenters. The fraction of sp³-hybridized carbons (Fsp3) is 0.610. The predicted molar refractivity (Wildman–Crippen MR) is 368 cm³/mol. The topological polar surface area (TPSA) is 258 Å². The number of carbonyl (C=O) groups excluding carboxylic acids is 6. The van der Waals surface area contributed by atoms with Gasteiger partial charge in [0.05, 0.1) is 32.5 Å². The molecular formula is C77H108N2O21. The van der Waals surface area contributed by atoms with Gasteiger partial charge in [-0.15, -0.1) is 0 Å². The van der Waals surface area contributed by atoms with Crippen molar-refractivity contribution in [1.29, 1.82) is 0 Å². The Balaban J connectivity index is 0.000000281. The predicted octanol–water partition coefficient (Wildman–Crippen LogP) is 11.8. The van der Waals surface area contributed by atoms with E-state index in [1.54, 1.807) is 16.7 Å². The molecule has 4 aromatic carbocycles. The smallest absolute Gasteiger partial charge is 0.410 e. The number of aliphatic hydroxyl groups is 1. The van der Waals surface area contributed by atoms with Crippen LogP contribution in [0.2, 0.25) is 0 Å². The molecule has 0 bridgehead atoms. The van der Waals surface area contributed by atoms with Gasteiger partial charge in [0.2, 0.25) is 0 Å². The fourth-order valence-corrected chi connectivity index (χ4v) is 12.8. The van der Waals surface area contributed by atoms with Gasteiger partial charge in [-0.1, -0.05) is 170 Å². The van der Waals surface area contributed by atoms with Crippen molar-refractivity contribution in [2.24, 2.45) is 41.4 Å². The first kappa shape index (κ1) is 80.3. The molecule has 4 heterocycles. The van der Waals surface area contributed by atoms with E-state index in [0.29, 0.717) is 52.2 Å². The highest BCUT2D eigenvalue weighted by Gasteiger charge is 2.54. The zero-order valence-electron chi connectivity index (χ0n) is 60.5. The van der Waals surface area contributed by atoms with E-state index in [1.165, 1.54) is 28.1 Å². The van der Waals surface area contributed by atoms with Gasteiger partial charge < -0.3 is 81.2 Å². The number of nitrogens with zero attached hydrogens (tertiary/aromatic N) is 2. The Morgan fingerprint density at radius 1 is 0.400 bits per heavy atom. The summed E-state index contributed by atoms with van der Waals surface area (Å²) in [6.45, 7) is 23.3. The van der Waals surface area contributed by atoms with Crippen LogP contribution in [0.4, 0.5) is 9.59 Å². The second-order valence-electron chi connectivity index (χ2n) is 26.9. The molecule has 4 aliphatic heterocycles. The highest BCUT2D eigenvalue weighted by Crippen LogP contribution is 2.41. The van der Waals surface area contributed by atoms with Gasteiger partial charge in [0.15, 0.2) is 49.6 Å². The van der Waals surface area contributed by atoms with Crippen LogP contribution in [0.1, 0.15) is 137 Å². The largest absolute Gasteiger partial charge is 0.467 e. The normalized spacial score (nSPS) is 29.5. The molecule has 4 saturated heterocycles. The minimum Gasteiger partial charge on any atom is -0.467 e. The first-order valence-electron chi connectivity index (χ1n) is 35.3. The van der Waals surface area contributed by atoms with Gasteiger partial charge in [-0.25, -0.2) is 19.2 Å². The number of hydrogen-bond acceptors (Lipinski definition) is 21. The van der Waals surface area contributed by atoms with Crippen molar-refractivity contribution in [3.05, 3.63) is 144 Å². The number of esters is 4. The van der Waals surface area contributed by atoms with Crippen LogP contribution < -0.4 is 0 Å². The maximum atomic E-state index is 13.1. The van der Waals surface area contributed by atoms with Crippen molar-refractivity contribution in [2.75, 3.05) is 40.5 Å². The third-order valence-corrected chi connectivity index (χ3v) is 19.8. The molecule has 4 fully saturated rings. The van der Waals surface area contributed by atoms with Crippen LogP contribution in [0.3, 0.4) is 0 Å². The van der Waals surface area contributed by atoms with E-state index in [2.05, 4.69) is 6.92 Å². The summed E-state index contributed by atoms with van der Waals surface area (Å²) in [4.78, 5) is 79.3. The van der Waals surface area contributed by atoms with Gasteiger partial charge >= 0.3 is 36.1 Å². The average molecular weight is 1400 g/mol. The number of amides is 2. The van der Waals surface area contributed by atoms with Gasteiger partial charge in [0.25, 0.3) is 0 Å². The quantitative estimate of drug-likeness (QED) is 0.0289. The molecule has 20 atom stereocenters. The van der Waals surface area contributed by atoms with Crippen LogP contribution in [0.5, 0.6) is 0 Å². The Morgan fingerprint density at radius 2 is 0.750 bits per heavy atom. The highest BCUT2D eigenvalue weighted by atomic mass is 16.8. The van der Waals surface area contributed by atoms with E-state index < -0.39 is 97.7 Å². The summed E-state index contributed by atoms with van der Waals surface area (Å²) in [6, 6.07) is 38.8. The SMILES string of the molecule is COC(=O)C1O[C@H](OCCCCCN(Cc2ccccc2)C(=O)OCc2ccccc2)C(C)[C@@H](C)[C@H]1O[C@@H]1O[C@@H](C)[C@H](C)C(C)C1OC(C)=O.COC(=O)C1O[C@H](OCCCCCN(Cc2ccccc2)C(=O)OCc2ccccc2)C(C)[C@@H](O)[C@H]1O[C@@H]1O[C@@H](C)[C@H](C)C(C)C1OC(C)=O. The number of rotatable bonds is 30. The minimum atomic E-state index is -1.31. The molecule has 1 N–H and O–H groups in total. The van der Waals surface area contributed by atoms with Crippen LogP contribution in [0, 0.1) is 41.4 Å². The number of benzene rings is 4. The number of hydrogen-bond donors (Lipinski definition) is 1. The Bertz CT molecular complexity index is 2890. The van der Waals surface area contributed by atoms with Gasteiger partial charge in [-0.05, 0) is 92.4 Å². The first-order valence-corrected chi connectivity index (χ1v) is 35.3. The van der Waals surface area contributed by atoms with Gasteiger partial charge in [-0.2, -0.15) is 0 Å². The molecule has 0 radical (unpaired) electrons. The number of ether oxygens (including phenoxy) is 14. The van der Waals surface area contributed by atoms with Crippen LogP contribution in [0.25, 0.3) is 0 Å². The van der Waals surface area contributed by atoms with Crippen molar-refractivity contribution >= 4 is 36.1 Å². The van der Waals surface area contributed by atoms with Crippen LogP contribution in [-0.2, 0) is 112 Å². The van der Waals surface area contributed by atoms with Gasteiger partial charge in [0.1, 0.15) is 25.4 Å². The Labute approximate surface area is 590 Å². The molecule has 2 amide bonds. The molecule has 8 rings (SSSR count). The number of carbonyl (C=O) groups is 6. The van der Waals surface area contributed by atoms with Crippen molar-refractivity contribution in [3.8, 4) is 0 Å². The summed E-state index contributed by atoms with van der Waals surface area (Å²) in [6.07, 6.45) is -6.97. The molecule has 552 valence electrons. The van der Waals surface area contributed by atoms with E-state index in [4.69, 9.17) is 66.3 Å². The van der Waals surface area contributed by atoms with E-state index >= 15 is 0 Å². The molecule has 0 spiro atoms. The third-order valence-electron chi connectivity index (χ3n) is 19.8. The Kier molecular flexibility index (Phi) is 32.5. The Morgan fingerprint density at radius 3 is 1.13 bits per heavy atom. The molecule has 100 heavy (non-hydrogen) atoms. The summed E-state index contributed by atoms with van der Waals surface area (Å²) < 4.78 is 82.0. The van der Waals surface area contributed by atoms with Crippen molar-refractivity contribution < 1.29 is 100 Å². The molecule has 0 saturated carbocycles. The molecule has 4 aromatic rings. The fourth-order valence-electron chi connectivity index (χ4n) is 12.8. The average Bonchev–Trinajstić information content (AvgIpc) is 0.788. The molecular weight excluding hydrogens is 1290 g/mol. The molecule has 23 heteroatoms. The van der Waals surface area contributed by atoms with Crippen LogP contribution in [0.15, 0.2) is 121 Å². The minimum absolute atomic E-state index is 0.0251. The Hall–Kier alpha value is -7.06. The van der Waals surface area contributed by atoms with Crippen molar-refractivity contribution in [1.82, 2.24) is 9.80 Å². The summed E-state index contributed by atoms with van der Waals surface area (Å²) in [5, 5.41) is 11.4. The zero-order valence-corrected chi connectivity index (χ0v) is 60.5. The van der Waals surface area contributed by atoms with E-state index in [0.717, 1.165) is 47.9 Å². The second-order valence-corrected chi connectivity index (χ2v) is 26.9. The summed E-state index contributed by atoms with van der Waals surface area (Å²) in [5.41, 5.74) is 3.89. The lowest BCUT2D eigenvalue weighted by Gasteiger charge is -2.47. The monoisotopic (exact) mass is 1400 g/mol. The molecule has 23 nitrogen and oxygen atoms in total. The standard InChI is InChI=1S/C39H55NO10.C38H53NO11/c1-25-26(2)34(48-30(6)41)38(47-29(25)5)49-33-27(3)28(4)37(50-35(33)36(42)44-7)45-22-16-10-15-21-40(23-31-17-11-8-12-18-31)39(43)46-24-32-19-13-9-14-20-32;1-24-25(2)32(48-28(5)40)37(47-27(24)4)49-33-31(41)26(3)36(50-34(33)35(42)44-6)45-21-15-9-14-20-39(22-29-16-10-7-11-17-29)38(43)46-23-30-18-12-8-13-19-30/h8-9,11-14,17-20,25-29,33-35,37-38H,10,15-16,21-24H2,1-7H3;7-8,10-13,16-19,24-27,31-34,36-37,41H,9,14-15,20-23H2,1-6H3/t25-,26?,27-,28?,29+,33-,34?,35?,37+,38+;24-,25?,26?,27+,31-,32?,33-,34?,36+,37+/m11/s1. The molecule has 4 aliphatic rings. The number of aliphatic hydroxyl groups excluding tert-OH is 1. The van der Waals surface area contributed by atoms with E-state index in [9.17, 15) is 33.9 Å². The highest BCUT2D eigenvalue weighted by molar-refractivity contribution is 5.76. The number of methoxy groups -OCH3 is 2. The van der Waals surface area contributed by atoms with E-state index in [-0.39, 0.29) is 73.1 Å². The molecule has 0 aliphatic carbocycles. The van der Waals surface area contributed by atoms with Crippen molar-refractivity contribution in [3.63, 3.8) is 0 Å². The first-order chi connectivity index (χ1) is 48.0.